The second-order valence-electron chi connectivity index (χ2n) is 11.8. The summed E-state index contributed by atoms with van der Waals surface area (Å²) >= 11 is 6.56. The molecule has 2 bridgehead atoms. The molecular weight excluding hydrogens is 516 g/mol. The zero-order valence-electron chi connectivity index (χ0n) is 22.5. The number of hydrogen-bond donors (Lipinski definition) is 1. The summed E-state index contributed by atoms with van der Waals surface area (Å²) in [5.74, 6) is 1.01. The summed E-state index contributed by atoms with van der Waals surface area (Å²) in [6.07, 6.45) is 13.7. The normalized spacial score (nSPS) is 24.8. The number of nitrogens with zero attached hydrogens (tertiary/aromatic N) is 2. The van der Waals surface area contributed by atoms with Gasteiger partial charge in [0.2, 0.25) is 0 Å². The molecule has 1 N–H and O–H groups in total. The predicted molar refractivity (Wildman–Crippen MR) is 148 cm³/mol. The number of rotatable bonds is 8. The van der Waals surface area contributed by atoms with E-state index in [-0.39, 0.29) is 11.0 Å². The molecule has 204 valence electrons. The van der Waals surface area contributed by atoms with Gasteiger partial charge in [0, 0.05) is 23.1 Å². The second-order valence-corrected chi connectivity index (χ2v) is 12.2. The minimum absolute atomic E-state index is 0.0610. The summed E-state index contributed by atoms with van der Waals surface area (Å²) in [6.45, 7) is 4.09. The van der Waals surface area contributed by atoms with Crippen molar-refractivity contribution in [2.75, 3.05) is 13.7 Å². The minimum atomic E-state index is -0.930. The Morgan fingerprint density at radius 1 is 1.15 bits per heavy atom. The van der Waals surface area contributed by atoms with E-state index in [4.69, 9.17) is 25.6 Å². The third kappa shape index (κ3) is 4.45. The van der Waals surface area contributed by atoms with Gasteiger partial charge in [-0.05, 0) is 63.5 Å². The second kappa shape index (κ2) is 9.49. The number of pyridine rings is 1. The Bertz CT molecular complexity index is 1410. The van der Waals surface area contributed by atoms with Crippen LogP contribution >= 0.6 is 11.6 Å². The average molecular weight is 549 g/mol. The van der Waals surface area contributed by atoms with Gasteiger partial charge in [0.1, 0.15) is 17.2 Å². The first-order chi connectivity index (χ1) is 18.7. The van der Waals surface area contributed by atoms with Crippen LogP contribution in [0.1, 0.15) is 80.7 Å². The Balaban J connectivity index is 1.25. The summed E-state index contributed by atoms with van der Waals surface area (Å²) in [4.78, 5) is 15.8. The molecule has 0 spiro atoms. The summed E-state index contributed by atoms with van der Waals surface area (Å²) < 4.78 is 18.0. The first-order valence-electron chi connectivity index (χ1n) is 13.5. The molecule has 39 heavy (non-hydrogen) atoms. The number of ether oxygens (including phenoxy) is 2. The molecule has 7 nitrogen and oxygen atoms in total. The van der Waals surface area contributed by atoms with Crippen LogP contribution in [0.2, 0.25) is 5.02 Å². The fraction of sp³-hybridized carbons (Fsp3) is 0.452. The van der Waals surface area contributed by atoms with Crippen molar-refractivity contribution in [2.45, 2.75) is 69.3 Å². The highest BCUT2D eigenvalue weighted by atomic mass is 35.5. The molecule has 4 fully saturated rings. The Morgan fingerprint density at radius 2 is 1.87 bits per heavy atom. The molecular formula is C31H33ClN2O5. The van der Waals surface area contributed by atoms with Crippen LogP contribution in [0.4, 0.5) is 0 Å². The van der Waals surface area contributed by atoms with E-state index in [0.29, 0.717) is 34.6 Å². The van der Waals surface area contributed by atoms with Gasteiger partial charge >= 0.3 is 5.97 Å². The first-order valence-corrected chi connectivity index (χ1v) is 13.9. The highest BCUT2D eigenvalue weighted by Crippen LogP contribution is 2.55. The lowest BCUT2D eigenvalue weighted by Gasteiger charge is -2.52. The summed E-state index contributed by atoms with van der Waals surface area (Å²) in [7, 11) is 1.60. The molecule has 2 aromatic heterocycles. The van der Waals surface area contributed by atoms with E-state index in [1.807, 2.05) is 24.3 Å². The van der Waals surface area contributed by atoms with Gasteiger partial charge in [-0.1, -0.05) is 53.2 Å². The molecule has 4 heterocycles. The molecule has 4 aliphatic rings. The lowest BCUT2D eigenvalue weighted by atomic mass is 9.64. The SMILES string of the molecule is COc1cncc(Cl)c1-c1noc(C2CC2)c1/C=C/C12CCC(c3ccc(C(C)(C)C(=O)O)cc3)(CC1)OC2. The van der Waals surface area contributed by atoms with Crippen LogP contribution in [0.15, 0.2) is 47.3 Å². The molecule has 0 radical (unpaired) electrons. The number of carboxylic acids is 1. The van der Waals surface area contributed by atoms with E-state index in [0.717, 1.165) is 61.0 Å². The monoisotopic (exact) mass is 548 g/mol. The lowest BCUT2D eigenvalue weighted by molar-refractivity contribution is -0.173. The number of benzene rings is 1. The van der Waals surface area contributed by atoms with Gasteiger partial charge < -0.3 is 19.1 Å². The van der Waals surface area contributed by atoms with Gasteiger partial charge in [-0.15, -0.1) is 0 Å². The maximum atomic E-state index is 11.7. The summed E-state index contributed by atoms with van der Waals surface area (Å²) in [6, 6.07) is 7.96. The molecule has 2 aliphatic heterocycles. The molecule has 0 unspecified atom stereocenters. The Labute approximate surface area is 233 Å². The number of carboxylic acid groups (broad SMARTS) is 1. The topological polar surface area (TPSA) is 94.7 Å². The zero-order valence-corrected chi connectivity index (χ0v) is 23.3. The third-order valence-electron chi connectivity index (χ3n) is 8.99. The Hall–Kier alpha value is -3.16. The average Bonchev–Trinajstić information content (AvgIpc) is 3.72. The molecule has 8 heteroatoms. The van der Waals surface area contributed by atoms with E-state index < -0.39 is 11.4 Å². The van der Waals surface area contributed by atoms with E-state index in [1.165, 1.54) is 0 Å². The molecule has 1 aromatic carbocycles. The largest absolute Gasteiger partial charge is 0.494 e. The highest BCUT2D eigenvalue weighted by molar-refractivity contribution is 6.33. The molecule has 0 atom stereocenters. The minimum Gasteiger partial charge on any atom is -0.494 e. The fourth-order valence-corrected chi connectivity index (χ4v) is 6.22. The van der Waals surface area contributed by atoms with Crippen molar-refractivity contribution in [1.82, 2.24) is 10.1 Å². The molecule has 3 aromatic rings. The lowest BCUT2D eigenvalue weighted by Crippen LogP contribution is -2.48. The molecule has 2 saturated carbocycles. The highest BCUT2D eigenvalue weighted by Gasteiger charge is 2.49. The van der Waals surface area contributed by atoms with E-state index in [2.05, 4.69) is 22.3 Å². The third-order valence-corrected chi connectivity index (χ3v) is 9.27. The quantitative estimate of drug-likeness (QED) is 0.319. The van der Waals surface area contributed by atoms with Crippen molar-refractivity contribution < 1.29 is 23.9 Å². The number of methoxy groups -OCH3 is 1. The van der Waals surface area contributed by atoms with Crippen molar-refractivity contribution in [1.29, 1.82) is 0 Å². The molecule has 7 rings (SSSR count). The number of hydrogen-bond acceptors (Lipinski definition) is 6. The maximum absolute atomic E-state index is 11.7. The summed E-state index contributed by atoms with van der Waals surface area (Å²) in [5.41, 5.74) is 2.94. The number of aliphatic carboxylic acids is 1. The standard InChI is InChI=1S/C31H33ClN2O5/c1-29(2,28(35)36)20-6-8-21(9-7-20)31-14-12-30(13-15-31,18-38-31)11-10-22-26(34-39-27(22)19-4-5-19)25-23(32)16-33-17-24(25)37-3/h6-11,16-17,19H,4-5,12-15,18H2,1-3H3,(H,35,36)/b11-10+. The van der Waals surface area contributed by atoms with Crippen LogP contribution in [-0.4, -0.2) is 34.9 Å². The molecule has 2 aliphatic carbocycles. The van der Waals surface area contributed by atoms with Gasteiger partial charge in [-0.3, -0.25) is 9.78 Å². The molecule has 2 saturated heterocycles. The van der Waals surface area contributed by atoms with Gasteiger partial charge in [0.15, 0.2) is 0 Å². The van der Waals surface area contributed by atoms with Gasteiger partial charge in [-0.25, -0.2) is 0 Å². The predicted octanol–water partition coefficient (Wildman–Crippen LogP) is 7.14. The Kier molecular flexibility index (Phi) is 6.35. The number of fused-ring (bicyclic) bond motifs is 3. The van der Waals surface area contributed by atoms with Crippen molar-refractivity contribution in [2.24, 2.45) is 5.41 Å². The van der Waals surface area contributed by atoms with Crippen molar-refractivity contribution >= 4 is 23.6 Å². The van der Waals surface area contributed by atoms with E-state index >= 15 is 0 Å². The van der Waals surface area contributed by atoms with Crippen LogP contribution < -0.4 is 4.74 Å². The van der Waals surface area contributed by atoms with Crippen molar-refractivity contribution in [3.8, 4) is 17.0 Å². The van der Waals surface area contributed by atoms with Crippen LogP contribution in [0, 0.1) is 5.41 Å². The Morgan fingerprint density at radius 3 is 2.46 bits per heavy atom. The van der Waals surface area contributed by atoms with Crippen LogP contribution in [-0.2, 0) is 20.5 Å². The number of halogens is 1. The molecule has 0 amide bonds. The van der Waals surface area contributed by atoms with Gasteiger partial charge in [-0.2, -0.15) is 0 Å². The fourth-order valence-electron chi connectivity index (χ4n) is 5.98. The zero-order chi connectivity index (χ0) is 27.4. The van der Waals surface area contributed by atoms with E-state index in [1.54, 1.807) is 33.4 Å². The van der Waals surface area contributed by atoms with Gasteiger partial charge in [0.25, 0.3) is 0 Å². The summed E-state index contributed by atoms with van der Waals surface area (Å²) in [5, 5.41) is 14.5. The van der Waals surface area contributed by atoms with Crippen molar-refractivity contribution in [3.63, 3.8) is 0 Å². The number of aromatic nitrogens is 2. The van der Waals surface area contributed by atoms with Crippen LogP contribution in [0.5, 0.6) is 5.75 Å². The first kappa shape index (κ1) is 26.1. The van der Waals surface area contributed by atoms with Gasteiger partial charge in [0.05, 0.1) is 41.5 Å². The van der Waals surface area contributed by atoms with Crippen LogP contribution in [0.3, 0.4) is 0 Å². The maximum Gasteiger partial charge on any atom is 0.313 e. The smallest absolute Gasteiger partial charge is 0.313 e. The number of carbonyl (C=O) groups is 1. The van der Waals surface area contributed by atoms with Crippen molar-refractivity contribution in [3.05, 3.63) is 70.2 Å². The van der Waals surface area contributed by atoms with Crippen LogP contribution in [0.25, 0.3) is 17.3 Å². The van der Waals surface area contributed by atoms with E-state index in [9.17, 15) is 9.90 Å².